The van der Waals surface area contributed by atoms with E-state index in [4.69, 9.17) is 0 Å². The van der Waals surface area contributed by atoms with Gasteiger partial charge in [0.1, 0.15) is 0 Å². The molecule has 0 aromatic rings. The summed E-state index contributed by atoms with van der Waals surface area (Å²) in [6.07, 6.45) is 4.01. The first-order valence-electron chi connectivity index (χ1n) is 5.41. The van der Waals surface area contributed by atoms with Crippen LogP contribution in [0.4, 0.5) is 4.79 Å². The Hall–Kier alpha value is -1.58. The van der Waals surface area contributed by atoms with Crippen LogP contribution in [0.1, 0.15) is 26.7 Å². The number of allylic oxidation sites excluding steroid dienone is 3. The summed E-state index contributed by atoms with van der Waals surface area (Å²) in [5.41, 5.74) is 5.69. The Kier molecular flexibility index (Phi) is 4.28. The third kappa shape index (κ3) is 3.22. The number of nitrogens with zero attached hydrogens (tertiary/aromatic N) is 1. The van der Waals surface area contributed by atoms with Crippen molar-refractivity contribution >= 4 is 11.7 Å². The number of nitrogens with one attached hydrogen (secondary N) is 2. The van der Waals surface area contributed by atoms with Gasteiger partial charge in [0.05, 0.1) is 5.71 Å². The standard InChI is InChI=1S/C12H19N3O/c1-8(2)10-6-5-9(3)11(7-10)14-15-12(16)13-4/h5,10H,1,6-7H2,2-4H3,(H2,13,15,16)/b14-11-/t10-/m1/s1. The van der Waals surface area contributed by atoms with Gasteiger partial charge in [-0.2, -0.15) is 5.10 Å². The van der Waals surface area contributed by atoms with E-state index in [1.807, 2.05) is 13.8 Å². The maximum absolute atomic E-state index is 11.0. The predicted octanol–water partition coefficient (Wildman–Crippen LogP) is 2.20. The van der Waals surface area contributed by atoms with Crippen molar-refractivity contribution in [3.63, 3.8) is 0 Å². The lowest BCUT2D eigenvalue weighted by Crippen LogP contribution is -2.30. The zero-order valence-corrected chi connectivity index (χ0v) is 10.1. The van der Waals surface area contributed by atoms with Crippen LogP contribution < -0.4 is 10.7 Å². The number of carbonyl (C=O) groups excluding carboxylic acids is 1. The van der Waals surface area contributed by atoms with Crippen molar-refractivity contribution in [2.24, 2.45) is 11.0 Å². The van der Waals surface area contributed by atoms with E-state index in [1.54, 1.807) is 7.05 Å². The van der Waals surface area contributed by atoms with E-state index in [1.165, 1.54) is 0 Å². The van der Waals surface area contributed by atoms with Crippen LogP contribution in [0.15, 0.2) is 28.9 Å². The molecule has 0 heterocycles. The summed E-state index contributed by atoms with van der Waals surface area (Å²) in [5, 5.41) is 6.57. The molecule has 0 saturated carbocycles. The first kappa shape index (κ1) is 12.5. The van der Waals surface area contributed by atoms with E-state index in [-0.39, 0.29) is 6.03 Å². The van der Waals surface area contributed by atoms with Gasteiger partial charge in [0.15, 0.2) is 0 Å². The second-order valence-corrected chi connectivity index (χ2v) is 4.12. The molecule has 4 heteroatoms. The highest BCUT2D eigenvalue weighted by Crippen LogP contribution is 2.26. The first-order valence-corrected chi connectivity index (χ1v) is 5.41. The van der Waals surface area contributed by atoms with Gasteiger partial charge in [0, 0.05) is 7.05 Å². The normalized spacial score (nSPS) is 22.6. The molecule has 0 spiro atoms. The van der Waals surface area contributed by atoms with Gasteiger partial charge in [-0.15, -0.1) is 0 Å². The lowest BCUT2D eigenvalue weighted by molar-refractivity contribution is 0.243. The molecule has 2 amide bonds. The maximum atomic E-state index is 11.0. The number of carbonyl (C=O) groups is 1. The van der Waals surface area contributed by atoms with Crippen molar-refractivity contribution in [2.75, 3.05) is 7.05 Å². The molecular formula is C12H19N3O. The Labute approximate surface area is 96.5 Å². The van der Waals surface area contributed by atoms with Crippen molar-refractivity contribution in [3.05, 3.63) is 23.8 Å². The summed E-state index contributed by atoms with van der Waals surface area (Å²) in [5.74, 6) is 0.439. The number of amides is 2. The topological polar surface area (TPSA) is 53.5 Å². The van der Waals surface area contributed by atoms with E-state index in [0.717, 1.165) is 29.7 Å². The van der Waals surface area contributed by atoms with Crippen LogP contribution >= 0.6 is 0 Å². The monoisotopic (exact) mass is 221 g/mol. The fourth-order valence-corrected chi connectivity index (χ4v) is 1.60. The lowest BCUT2D eigenvalue weighted by atomic mass is 9.85. The van der Waals surface area contributed by atoms with E-state index in [9.17, 15) is 4.79 Å². The quantitative estimate of drug-likeness (QED) is 0.545. The summed E-state index contributed by atoms with van der Waals surface area (Å²) < 4.78 is 0. The summed E-state index contributed by atoms with van der Waals surface area (Å²) in [4.78, 5) is 11.0. The SMILES string of the molecule is C=C(C)[C@@H]1CC=C(C)/C(=N\NC(=O)NC)C1. The van der Waals surface area contributed by atoms with E-state index in [0.29, 0.717) is 5.92 Å². The first-order chi connectivity index (χ1) is 7.54. The van der Waals surface area contributed by atoms with Crippen molar-refractivity contribution in [1.82, 2.24) is 10.7 Å². The molecule has 1 aliphatic carbocycles. The Balaban J connectivity index is 2.71. The maximum Gasteiger partial charge on any atom is 0.334 e. The Morgan fingerprint density at radius 2 is 2.31 bits per heavy atom. The summed E-state index contributed by atoms with van der Waals surface area (Å²) in [7, 11) is 1.57. The molecule has 0 fully saturated rings. The molecule has 1 atom stereocenters. The summed E-state index contributed by atoms with van der Waals surface area (Å²) in [6.45, 7) is 8.01. The molecule has 0 bridgehead atoms. The van der Waals surface area contributed by atoms with Gasteiger partial charge >= 0.3 is 6.03 Å². The lowest BCUT2D eigenvalue weighted by Gasteiger charge is -2.22. The zero-order valence-electron chi connectivity index (χ0n) is 10.1. The Bertz CT molecular complexity index is 355. The second-order valence-electron chi connectivity index (χ2n) is 4.12. The third-order valence-electron chi connectivity index (χ3n) is 2.82. The van der Waals surface area contributed by atoms with Crippen molar-refractivity contribution in [1.29, 1.82) is 0 Å². The molecule has 0 aliphatic heterocycles. The minimum atomic E-state index is -0.294. The number of hydrazone groups is 1. The van der Waals surface area contributed by atoms with Gasteiger partial charge in [0.2, 0.25) is 0 Å². The molecule has 1 aliphatic rings. The Morgan fingerprint density at radius 1 is 1.62 bits per heavy atom. The highest BCUT2D eigenvalue weighted by Gasteiger charge is 2.18. The van der Waals surface area contributed by atoms with Crippen LogP contribution in [0, 0.1) is 5.92 Å². The number of hydrogen-bond acceptors (Lipinski definition) is 2. The fraction of sp³-hybridized carbons (Fsp3) is 0.500. The van der Waals surface area contributed by atoms with Crippen LogP contribution in [0.2, 0.25) is 0 Å². The minimum absolute atomic E-state index is 0.294. The summed E-state index contributed by atoms with van der Waals surface area (Å²) in [6, 6.07) is -0.294. The van der Waals surface area contributed by atoms with E-state index >= 15 is 0 Å². The molecule has 0 aromatic carbocycles. The van der Waals surface area contributed by atoms with E-state index in [2.05, 4.69) is 28.5 Å². The number of rotatable bonds is 2. The molecule has 88 valence electrons. The van der Waals surface area contributed by atoms with Gasteiger partial charge in [-0.1, -0.05) is 18.2 Å². The molecule has 2 N–H and O–H groups in total. The number of hydrogen-bond donors (Lipinski definition) is 2. The third-order valence-corrected chi connectivity index (χ3v) is 2.82. The predicted molar refractivity (Wildman–Crippen MR) is 66.3 cm³/mol. The Morgan fingerprint density at radius 3 is 2.88 bits per heavy atom. The average molecular weight is 221 g/mol. The molecule has 0 unspecified atom stereocenters. The second kappa shape index (κ2) is 5.49. The smallest absolute Gasteiger partial charge is 0.334 e. The van der Waals surface area contributed by atoms with Gasteiger partial charge < -0.3 is 5.32 Å². The molecule has 4 nitrogen and oxygen atoms in total. The largest absolute Gasteiger partial charge is 0.340 e. The molecule has 0 saturated heterocycles. The minimum Gasteiger partial charge on any atom is -0.340 e. The van der Waals surface area contributed by atoms with Crippen molar-refractivity contribution in [3.8, 4) is 0 Å². The highest BCUT2D eigenvalue weighted by atomic mass is 16.2. The van der Waals surface area contributed by atoms with Crippen molar-refractivity contribution in [2.45, 2.75) is 26.7 Å². The van der Waals surface area contributed by atoms with Crippen LogP contribution in [0.25, 0.3) is 0 Å². The molecular weight excluding hydrogens is 202 g/mol. The van der Waals surface area contributed by atoms with Gasteiger partial charge in [-0.25, -0.2) is 10.2 Å². The van der Waals surface area contributed by atoms with Crippen LogP contribution in [0.5, 0.6) is 0 Å². The average Bonchev–Trinajstić information content (AvgIpc) is 2.27. The van der Waals surface area contributed by atoms with Crippen LogP contribution in [-0.2, 0) is 0 Å². The van der Waals surface area contributed by atoms with Crippen molar-refractivity contribution < 1.29 is 4.79 Å². The van der Waals surface area contributed by atoms with Gasteiger partial charge in [-0.3, -0.25) is 0 Å². The molecule has 1 rings (SSSR count). The molecule has 0 radical (unpaired) electrons. The van der Waals surface area contributed by atoms with Gasteiger partial charge in [-0.05, 0) is 38.2 Å². The fourth-order valence-electron chi connectivity index (χ4n) is 1.60. The highest BCUT2D eigenvalue weighted by molar-refractivity contribution is 6.01. The number of urea groups is 1. The zero-order chi connectivity index (χ0) is 12.1. The van der Waals surface area contributed by atoms with E-state index < -0.39 is 0 Å². The summed E-state index contributed by atoms with van der Waals surface area (Å²) >= 11 is 0. The molecule has 16 heavy (non-hydrogen) atoms. The van der Waals surface area contributed by atoms with Gasteiger partial charge in [0.25, 0.3) is 0 Å². The van der Waals surface area contributed by atoms with Crippen LogP contribution in [-0.4, -0.2) is 18.8 Å². The van der Waals surface area contributed by atoms with Crippen LogP contribution in [0.3, 0.4) is 0 Å². The molecule has 0 aromatic heterocycles.